The third-order valence-corrected chi connectivity index (χ3v) is 6.70. The van der Waals surface area contributed by atoms with Crippen molar-refractivity contribution in [3.63, 3.8) is 0 Å². The van der Waals surface area contributed by atoms with Gasteiger partial charge in [0.2, 0.25) is 0 Å². The van der Waals surface area contributed by atoms with Gasteiger partial charge in [0.05, 0.1) is 5.25 Å². The fourth-order valence-electron chi connectivity index (χ4n) is 3.09. The van der Waals surface area contributed by atoms with Crippen LogP contribution in [0.3, 0.4) is 0 Å². The molecule has 0 unspecified atom stereocenters. The number of benzene rings is 2. The van der Waals surface area contributed by atoms with E-state index in [0.29, 0.717) is 13.1 Å². The number of aromatic hydroxyl groups is 1. The lowest BCUT2D eigenvalue weighted by molar-refractivity contribution is 0.181. The quantitative estimate of drug-likeness (QED) is 0.747. The number of nitrogens with zero attached hydrogens (tertiary/aromatic N) is 1. The largest absolute Gasteiger partial charge is 0.507 e. The predicted molar refractivity (Wildman–Crippen MR) is 102 cm³/mol. The Hall–Kier alpha value is -1.56. The molecule has 1 aliphatic heterocycles. The van der Waals surface area contributed by atoms with Crippen LogP contribution in [-0.2, 0) is 16.3 Å². The third kappa shape index (κ3) is 4.75. The number of unbranched alkanes of at least 4 members (excludes halogenated alkanes) is 1. The van der Waals surface area contributed by atoms with Gasteiger partial charge in [-0.05, 0) is 43.5 Å². The second-order valence-corrected chi connectivity index (χ2v) is 8.53. The minimum atomic E-state index is -3.43. The number of halogens is 1. The first-order valence-corrected chi connectivity index (χ1v) is 9.90. The summed E-state index contributed by atoms with van der Waals surface area (Å²) in [6.45, 7) is 2.05. The highest BCUT2D eigenvalue weighted by molar-refractivity contribution is 7.92. The third-order valence-electron chi connectivity index (χ3n) is 4.57. The molecule has 0 bridgehead atoms. The van der Waals surface area contributed by atoms with Crippen LogP contribution in [-0.4, -0.2) is 43.3 Å². The summed E-state index contributed by atoms with van der Waals surface area (Å²) in [7, 11) is -3.43. The number of phenols is 1. The summed E-state index contributed by atoms with van der Waals surface area (Å²) in [6.07, 6.45) is 3.24. The van der Waals surface area contributed by atoms with Crippen molar-refractivity contribution in [2.75, 3.05) is 19.6 Å². The summed E-state index contributed by atoms with van der Waals surface area (Å²) in [6, 6.07) is 16.6. The molecule has 1 saturated heterocycles. The Kier molecular flexibility index (Phi) is 6.87. The number of phenolic OH excluding ortho intramolecular Hbond substituents is 1. The first-order valence-electron chi connectivity index (χ1n) is 8.35. The number of sulfone groups is 1. The van der Waals surface area contributed by atoms with E-state index in [2.05, 4.69) is 29.2 Å². The van der Waals surface area contributed by atoms with Crippen molar-refractivity contribution in [1.82, 2.24) is 4.90 Å². The van der Waals surface area contributed by atoms with Gasteiger partial charge in [-0.2, -0.15) is 0 Å². The number of aryl methyl sites for hydroxylation is 1. The average molecular weight is 382 g/mol. The first kappa shape index (κ1) is 19.8. The fourth-order valence-corrected chi connectivity index (χ4v) is 4.89. The van der Waals surface area contributed by atoms with Crippen LogP contribution in [0, 0.1) is 0 Å². The minimum absolute atomic E-state index is 0. The predicted octanol–water partition coefficient (Wildman–Crippen LogP) is 3.29. The van der Waals surface area contributed by atoms with E-state index in [1.165, 1.54) is 17.7 Å². The molecule has 0 amide bonds. The summed E-state index contributed by atoms with van der Waals surface area (Å²) >= 11 is 0. The molecule has 3 rings (SSSR count). The second kappa shape index (κ2) is 8.70. The van der Waals surface area contributed by atoms with Gasteiger partial charge < -0.3 is 10.0 Å². The Labute approximate surface area is 155 Å². The zero-order valence-corrected chi connectivity index (χ0v) is 15.7. The van der Waals surface area contributed by atoms with Crippen LogP contribution < -0.4 is 0 Å². The molecule has 1 fully saturated rings. The lowest BCUT2D eigenvalue weighted by Gasteiger charge is -2.38. The number of likely N-dealkylation sites (tertiary alicyclic amines) is 1. The summed E-state index contributed by atoms with van der Waals surface area (Å²) in [5.41, 5.74) is 1.35. The Morgan fingerprint density at radius 1 is 0.960 bits per heavy atom. The lowest BCUT2D eigenvalue weighted by Crippen LogP contribution is -2.54. The van der Waals surface area contributed by atoms with Gasteiger partial charge in [-0.3, -0.25) is 0 Å². The van der Waals surface area contributed by atoms with Gasteiger partial charge >= 0.3 is 0 Å². The number of hydrogen-bond acceptors (Lipinski definition) is 4. The standard InChI is InChI=1S/C19H23NO3S.ClH/c21-18-11-4-5-12-19(18)24(22,23)17-14-20(15-17)13-7-6-10-16-8-2-1-3-9-16;/h1-5,8-9,11-12,17,21H,6-7,10,13-15H2;1H. The molecule has 2 aromatic carbocycles. The summed E-state index contributed by atoms with van der Waals surface area (Å²) in [4.78, 5) is 2.23. The molecule has 1 heterocycles. The van der Waals surface area contributed by atoms with Crippen LogP contribution in [0.4, 0.5) is 0 Å². The Balaban J connectivity index is 0.00000225. The van der Waals surface area contributed by atoms with E-state index in [4.69, 9.17) is 0 Å². The van der Waals surface area contributed by atoms with Crippen molar-refractivity contribution >= 4 is 22.2 Å². The van der Waals surface area contributed by atoms with Gasteiger partial charge in [-0.25, -0.2) is 8.42 Å². The first-order chi connectivity index (χ1) is 11.6. The Morgan fingerprint density at radius 2 is 1.60 bits per heavy atom. The van der Waals surface area contributed by atoms with Gasteiger partial charge in [0.15, 0.2) is 9.84 Å². The minimum Gasteiger partial charge on any atom is -0.507 e. The van der Waals surface area contributed by atoms with Crippen LogP contribution in [0.1, 0.15) is 18.4 Å². The highest BCUT2D eigenvalue weighted by atomic mass is 35.5. The molecule has 0 aliphatic carbocycles. The van der Waals surface area contributed by atoms with Crippen LogP contribution in [0.25, 0.3) is 0 Å². The van der Waals surface area contributed by atoms with E-state index >= 15 is 0 Å². The zero-order valence-electron chi connectivity index (χ0n) is 14.0. The van der Waals surface area contributed by atoms with E-state index in [0.717, 1.165) is 25.8 Å². The number of hydrogen-bond donors (Lipinski definition) is 1. The average Bonchev–Trinajstić information content (AvgIpc) is 2.54. The van der Waals surface area contributed by atoms with Crippen molar-refractivity contribution in [3.05, 3.63) is 60.2 Å². The molecule has 0 radical (unpaired) electrons. The van der Waals surface area contributed by atoms with Crippen molar-refractivity contribution in [2.45, 2.75) is 29.4 Å². The molecule has 0 saturated carbocycles. The van der Waals surface area contributed by atoms with Gasteiger partial charge in [0, 0.05) is 13.1 Å². The molecule has 1 N–H and O–H groups in total. The maximum absolute atomic E-state index is 12.5. The Morgan fingerprint density at radius 3 is 2.28 bits per heavy atom. The lowest BCUT2D eigenvalue weighted by atomic mass is 10.1. The fraction of sp³-hybridized carbons (Fsp3) is 0.368. The van der Waals surface area contributed by atoms with E-state index in [1.807, 2.05) is 6.07 Å². The molecule has 2 aromatic rings. The van der Waals surface area contributed by atoms with E-state index in [1.54, 1.807) is 12.1 Å². The van der Waals surface area contributed by atoms with Crippen LogP contribution in [0.5, 0.6) is 5.75 Å². The molecule has 0 atom stereocenters. The summed E-state index contributed by atoms with van der Waals surface area (Å²) < 4.78 is 25.0. The van der Waals surface area contributed by atoms with Crippen LogP contribution in [0.2, 0.25) is 0 Å². The van der Waals surface area contributed by atoms with E-state index in [-0.39, 0.29) is 23.1 Å². The summed E-state index contributed by atoms with van der Waals surface area (Å²) in [5.74, 6) is -0.154. The second-order valence-electron chi connectivity index (χ2n) is 6.34. The molecule has 136 valence electrons. The monoisotopic (exact) mass is 381 g/mol. The molecular formula is C19H24ClNO3S. The number of para-hydroxylation sites is 1. The van der Waals surface area contributed by atoms with Crippen molar-refractivity contribution in [1.29, 1.82) is 0 Å². The molecule has 1 aliphatic rings. The normalized spacial score (nSPS) is 15.4. The Bertz CT molecular complexity index is 774. The molecule has 6 heteroatoms. The van der Waals surface area contributed by atoms with E-state index in [9.17, 15) is 13.5 Å². The van der Waals surface area contributed by atoms with Crippen molar-refractivity contribution in [2.24, 2.45) is 0 Å². The molecule has 4 nitrogen and oxygen atoms in total. The van der Waals surface area contributed by atoms with Gasteiger partial charge in [0.25, 0.3) is 0 Å². The highest BCUT2D eigenvalue weighted by Gasteiger charge is 2.38. The zero-order chi connectivity index (χ0) is 17.0. The molecule has 25 heavy (non-hydrogen) atoms. The van der Waals surface area contributed by atoms with Crippen LogP contribution in [0.15, 0.2) is 59.5 Å². The molecule has 0 aromatic heterocycles. The van der Waals surface area contributed by atoms with Crippen LogP contribution >= 0.6 is 12.4 Å². The molecule has 0 spiro atoms. The van der Waals surface area contributed by atoms with Gasteiger partial charge in [-0.15, -0.1) is 12.4 Å². The highest BCUT2D eigenvalue weighted by Crippen LogP contribution is 2.29. The van der Waals surface area contributed by atoms with Crippen molar-refractivity contribution in [3.8, 4) is 5.75 Å². The molecular weight excluding hydrogens is 358 g/mol. The van der Waals surface area contributed by atoms with E-state index < -0.39 is 15.1 Å². The van der Waals surface area contributed by atoms with Gasteiger partial charge in [0.1, 0.15) is 10.6 Å². The SMILES string of the molecule is Cl.O=S(=O)(c1ccccc1O)C1CN(CCCCc2ccccc2)C1. The number of rotatable bonds is 7. The van der Waals surface area contributed by atoms with Gasteiger partial charge in [-0.1, -0.05) is 42.5 Å². The topological polar surface area (TPSA) is 57.6 Å². The maximum atomic E-state index is 12.5. The summed E-state index contributed by atoms with van der Waals surface area (Å²) in [5, 5.41) is 9.37. The smallest absolute Gasteiger partial charge is 0.187 e. The van der Waals surface area contributed by atoms with Crippen molar-refractivity contribution < 1.29 is 13.5 Å². The maximum Gasteiger partial charge on any atom is 0.187 e.